The Morgan fingerprint density at radius 3 is 2.47 bits per heavy atom. The van der Waals surface area contributed by atoms with Gasteiger partial charge in [0.15, 0.2) is 0 Å². The van der Waals surface area contributed by atoms with Gasteiger partial charge in [0.25, 0.3) is 0 Å². The molecule has 17 heavy (non-hydrogen) atoms. The highest BCUT2D eigenvalue weighted by atomic mass is 35.5. The summed E-state index contributed by atoms with van der Waals surface area (Å²) < 4.78 is 13.1. The van der Waals surface area contributed by atoms with Crippen molar-refractivity contribution in [3.63, 3.8) is 0 Å². The molecule has 1 unspecified atom stereocenters. The second-order valence-electron chi connectivity index (χ2n) is 4.28. The molecule has 0 spiro atoms. The fourth-order valence-corrected chi connectivity index (χ4v) is 2.33. The highest BCUT2D eigenvalue weighted by Gasteiger charge is 2.13. The van der Waals surface area contributed by atoms with Gasteiger partial charge in [-0.3, -0.25) is 0 Å². The number of halogens is 2. The Labute approximate surface area is 106 Å². The van der Waals surface area contributed by atoms with Crippen LogP contribution in [0.1, 0.15) is 27.6 Å². The highest BCUT2D eigenvalue weighted by Crippen LogP contribution is 2.31. The van der Waals surface area contributed by atoms with Crippen LogP contribution in [0.15, 0.2) is 42.5 Å². The number of aryl methyl sites for hydroxylation is 2. The molecule has 0 fully saturated rings. The van der Waals surface area contributed by atoms with Crippen LogP contribution in [0.3, 0.4) is 0 Å². The van der Waals surface area contributed by atoms with Crippen molar-refractivity contribution in [3.8, 4) is 0 Å². The van der Waals surface area contributed by atoms with Gasteiger partial charge in [0, 0.05) is 0 Å². The van der Waals surface area contributed by atoms with Gasteiger partial charge in [-0.2, -0.15) is 0 Å². The monoisotopic (exact) mass is 248 g/mol. The Kier molecular flexibility index (Phi) is 3.49. The average molecular weight is 249 g/mol. The first kappa shape index (κ1) is 12.1. The number of alkyl halides is 1. The van der Waals surface area contributed by atoms with Gasteiger partial charge in [0.1, 0.15) is 5.82 Å². The van der Waals surface area contributed by atoms with Gasteiger partial charge in [0.05, 0.1) is 5.38 Å². The molecule has 0 nitrogen and oxygen atoms in total. The van der Waals surface area contributed by atoms with Crippen LogP contribution in [0, 0.1) is 19.7 Å². The molecule has 0 heterocycles. The fraction of sp³-hybridized carbons (Fsp3) is 0.200. The lowest BCUT2D eigenvalue weighted by Gasteiger charge is -2.13. The van der Waals surface area contributed by atoms with Gasteiger partial charge in [-0.1, -0.05) is 35.9 Å². The van der Waals surface area contributed by atoms with Crippen LogP contribution in [-0.2, 0) is 0 Å². The third kappa shape index (κ3) is 2.67. The van der Waals surface area contributed by atoms with Crippen molar-refractivity contribution >= 4 is 11.6 Å². The van der Waals surface area contributed by atoms with E-state index in [1.54, 1.807) is 6.07 Å². The quantitative estimate of drug-likeness (QED) is 0.672. The van der Waals surface area contributed by atoms with Gasteiger partial charge in [-0.25, -0.2) is 4.39 Å². The third-order valence-corrected chi connectivity index (χ3v) is 3.33. The smallest absolute Gasteiger partial charge is 0.123 e. The van der Waals surface area contributed by atoms with Crippen molar-refractivity contribution in [1.82, 2.24) is 0 Å². The number of hydrogen-bond acceptors (Lipinski definition) is 0. The molecule has 1 atom stereocenters. The lowest BCUT2D eigenvalue weighted by Crippen LogP contribution is -1.97. The molecule has 0 aliphatic rings. The molecular formula is C15H14ClF. The molecule has 0 saturated carbocycles. The normalized spacial score (nSPS) is 12.5. The van der Waals surface area contributed by atoms with Gasteiger partial charge < -0.3 is 0 Å². The minimum absolute atomic E-state index is 0.252. The molecule has 0 aliphatic heterocycles. The van der Waals surface area contributed by atoms with E-state index >= 15 is 0 Å². The van der Waals surface area contributed by atoms with Gasteiger partial charge >= 0.3 is 0 Å². The molecule has 2 rings (SSSR count). The lowest BCUT2D eigenvalue weighted by atomic mass is 9.98. The molecule has 0 aliphatic carbocycles. The maximum Gasteiger partial charge on any atom is 0.123 e. The molecule has 0 aromatic heterocycles. The molecule has 0 amide bonds. The van der Waals surface area contributed by atoms with Crippen molar-refractivity contribution in [2.45, 2.75) is 19.2 Å². The van der Waals surface area contributed by atoms with E-state index in [0.29, 0.717) is 0 Å². The van der Waals surface area contributed by atoms with Crippen LogP contribution < -0.4 is 0 Å². The average Bonchev–Trinajstić information content (AvgIpc) is 2.28. The van der Waals surface area contributed by atoms with Crippen molar-refractivity contribution in [2.75, 3.05) is 0 Å². The number of benzene rings is 2. The van der Waals surface area contributed by atoms with Crippen molar-refractivity contribution in [1.29, 1.82) is 0 Å². The molecule has 2 heteroatoms. The molecular weight excluding hydrogens is 235 g/mol. The Bertz CT molecular complexity index is 534. The van der Waals surface area contributed by atoms with E-state index in [4.69, 9.17) is 11.6 Å². The molecule has 88 valence electrons. The zero-order valence-corrected chi connectivity index (χ0v) is 10.6. The summed E-state index contributed by atoms with van der Waals surface area (Å²) in [5.41, 5.74) is 4.16. The molecule has 0 saturated heterocycles. The maximum atomic E-state index is 13.1. The zero-order valence-electron chi connectivity index (χ0n) is 9.87. The third-order valence-electron chi connectivity index (χ3n) is 2.84. The predicted molar refractivity (Wildman–Crippen MR) is 70.0 cm³/mol. The highest BCUT2D eigenvalue weighted by molar-refractivity contribution is 6.22. The Morgan fingerprint density at radius 2 is 1.82 bits per heavy atom. The van der Waals surface area contributed by atoms with Crippen molar-refractivity contribution < 1.29 is 4.39 Å². The largest absolute Gasteiger partial charge is 0.207 e. The summed E-state index contributed by atoms with van der Waals surface area (Å²) >= 11 is 6.39. The maximum absolute atomic E-state index is 13.1. The van der Waals surface area contributed by atoms with E-state index in [2.05, 4.69) is 6.07 Å². The summed E-state index contributed by atoms with van der Waals surface area (Å²) in [6, 6.07) is 12.6. The van der Waals surface area contributed by atoms with Crippen molar-refractivity contribution in [3.05, 3.63) is 70.5 Å². The topological polar surface area (TPSA) is 0 Å². The van der Waals surface area contributed by atoms with E-state index in [9.17, 15) is 4.39 Å². The van der Waals surface area contributed by atoms with Gasteiger partial charge in [-0.05, 0) is 42.7 Å². The first-order valence-corrected chi connectivity index (χ1v) is 5.98. The Balaban J connectivity index is 2.40. The second-order valence-corrected chi connectivity index (χ2v) is 4.71. The summed E-state index contributed by atoms with van der Waals surface area (Å²) in [5.74, 6) is -0.252. The van der Waals surface area contributed by atoms with Crippen LogP contribution in [0.25, 0.3) is 0 Å². The van der Waals surface area contributed by atoms with E-state index in [1.165, 1.54) is 17.7 Å². The van der Waals surface area contributed by atoms with E-state index in [-0.39, 0.29) is 11.2 Å². The summed E-state index contributed by atoms with van der Waals surface area (Å²) in [6.45, 7) is 4.07. The van der Waals surface area contributed by atoms with E-state index < -0.39 is 0 Å². The molecule has 0 bridgehead atoms. The van der Waals surface area contributed by atoms with Gasteiger partial charge in [0.2, 0.25) is 0 Å². The van der Waals surface area contributed by atoms with Crippen LogP contribution in [-0.4, -0.2) is 0 Å². The molecule has 0 N–H and O–H groups in total. The molecule has 0 radical (unpaired) electrons. The van der Waals surface area contributed by atoms with E-state index in [1.807, 2.05) is 32.0 Å². The summed E-state index contributed by atoms with van der Waals surface area (Å²) in [7, 11) is 0. The summed E-state index contributed by atoms with van der Waals surface area (Å²) in [4.78, 5) is 0. The summed E-state index contributed by atoms with van der Waals surface area (Å²) in [5, 5.41) is -0.300. The van der Waals surface area contributed by atoms with Crippen LogP contribution in [0.2, 0.25) is 0 Å². The second kappa shape index (κ2) is 4.89. The van der Waals surface area contributed by atoms with Crippen LogP contribution in [0.5, 0.6) is 0 Å². The number of hydrogen-bond donors (Lipinski definition) is 0. The Hall–Kier alpha value is -1.34. The van der Waals surface area contributed by atoms with Crippen molar-refractivity contribution in [2.24, 2.45) is 0 Å². The molecule has 2 aromatic carbocycles. The minimum atomic E-state index is -0.300. The zero-order chi connectivity index (χ0) is 12.4. The predicted octanol–water partition coefficient (Wildman–Crippen LogP) is 4.77. The lowest BCUT2D eigenvalue weighted by molar-refractivity contribution is 0.625. The minimum Gasteiger partial charge on any atom is -0.207 e. The molecule has 2 aromatic rings. The summed E-state index contributed by atoms with van der Waals surface area (Å²) in [6.07, 6.45) is 0. The fourth-order valence-electron chi connectivity index (χ4n) is 1.95. The number of rotatable bonds is 2. The van der Waals surface area contributed by atoms with Gasteiger partial charge in [-0.15, -0.1) is 11.6 Å². The SMILES string of the molecule is Cc1ccc(C(Cl)c2cccc(F)c2)c(C)c1. The Morgan fingerprint density at radius 1 is 1.06 bits per heavy atom. The van der Waals surface area contributed by atoms with E-state index in [0.717, 1.165) is 16.7 Å². The first-order valence-electron chi connectivity index (χ1n) is 5.54. The van der Waals surface area contributed by atoms with Crippen LogP contribution in [0.4, 0.5) is 4.39 Å². The first-order chi connectivity index (χ1) is 8.08. The standard InChI is InChI=1S/C15H14ClF/c1-10-6-7-14(11(2)8-10)15(16)12-4-3-5-13(17)9-12/h3-9,15H,1-2H3. The van der Waals surface area contributed by atoms with Crippen LogP contribution >= 0.6 is 11.6 Å².